The Bertz CT molecular complexity index is 709. The molecular weight excluding hydrogens is 309 g/mol. The maximum absolute atomic E-state index is 12.0. The number of carbonyl (C=O) groups excluding carboxylic acids is 1. The molecule has 21 heavy (non-hydrogen) atoms. The van der Waals surface area contributed by atoms with E-state index in [0.29, 0.717) is 12.1 Å². The summed E-state index contributed by atoms with van der Waals surface area (Å²) in [5, 5.41) is 7.28. The smallest absolute Gasteiger partial charge is 0.230 e. The van der Waals surface area contributed by atoms with Gasteiger partial charge in [-0.2, -0.15) is 5.10 Å². The van der Waals surface area contributed by atoms with E-state index in [0.717, 1.165) is 17.1 Å². The molecule has 1 aliphatic rings. The van der Waals surface area contributed by atoms with Gasteiger partial charge in [-0.05, 0) is 44.5 Å². The molecule has 6 heteroatoms. The fourth-order valence-electron chi connectivity index (χ4n) is 2.33. The number of aromatic nitrogens is 2. The topological polar surface area (TPSA) is 46.9 Å². The van der Waals surface area contributed by atoms with Gasteiger partial charge in [-0.1, -0.05) is 6.07 Å². The van der Waals surface area contributed by atoms with Crippen LogP contribution < -0.4 is 5.32 Å². The molecule has 1 amide bonds. The van der Waals surface area contributed by atoms with Crippen LogP contribution in [0.2, 0.25) is 0 Å². The maximum atomic E-state index is 12.0. The van der Waals surface area contributed by atoms with Gasteiger partial charge in [-0.3, -0.25) is 4.79 Å². The summed E-state index contributed by atoms with van der Waals surface area (Å²) in [7, 11) is 0. The van der Waals surface area contributed by atoms with Crippen molar-refractivity contribution in [2.45, 2.75) is 24.6 Å². The van der Waals surface area contributed by atoms with Crippen LogP contribution in [0.1, 0.15) is 17.8 Å². The third kappa shape index (κ3) is 2.92. The summed E-state index contributed by atoms with van der Waals surface area (Å²) in [5.41, 5.74) is 3.60. The third-order valence-corrected chi connectivity index (χ3v) is 4.35. The highest BCUT2D eigenvalue weighted by Gasteiger charge is 2.56. The fourth-order valence-corrected chi connectivity index (χ4v) is 2.84. The van der Waals surface area contributed by atoms with E-state index < -0.39 is 4.33 Å². The molecule has 1 aromatic carbocycles. The zero-order valence-corrected chi connectivity index (χ0v) is 13.2. The van der Waals surface area contributed by atoms with Crippen LogP contribution in [-0.4, -0.2) is 20.0 Å². The highest BCUT2D eigenvalue weighted by molar-refractivity contribution is 6.52. The molecule has 2 aromatic rings. The number of amides is 1. The van der Waals surface area contributed by atoms with Crippen molar-refractivity contribution in [1.82, 2.24) is 9.78 Å². The van der Waals surface area contributed by atoms with Crippen LogP contribution in [-0.2, 0) is 4.79 Å². The first-order valence-electron chi connectivity index (χ1n) is 6.69. The maximum Gasteiger partial charge on any atom is 0.230 e. The molecule has 1 fully saturated rings. The molecule has 1 N–H and O–H groups in total. The minimum atomic E-state index is -0.905. The fraction of sp³-hybridized carbons (Fsp3) is 0.333. The second kappa shape index (κ2) is 5.04. The lowest BCUT2D eigenvalue weighted by Gasteiger charge is -2.09. The number of hydrogen-bond acceptors (Lipinski definition) is 2. The van der Waals surface area contributed by atoms with Gasteiger partial charge in [-0.25, -0.2) is 4.68 Å². The number of hydrogen-bond donors (Lipinski definition) is 1. The van der Waals surface area contributed by atoms with Gasteiger partial charge in [0, 0.05) is 11.4 Å². The predicted octanol–water partition coefficient (Wildman–Crippen LogP) is 3.62. The summed E-state index contributed by atoms with van der Waals surface area (Å²) in [4.78, 5) is 12.0. The van der Waals surface area contributed by atoms with Crippen molar-refractivity contribution < 1.29 is 4.79 Å². The highest BCUT2D eigenvalue weighted by atomic mass is 35.5. The molecule has 4 nitrogen and oxygen atoms in total. The van der Waals surface area contributed by atoms with Crippen LogP contribution in [0.5, 0.6) is 0 Å². The molecule has 0 bridgehead atoms. The van der Waals surface area contributed by atoms with E-state index in [1.165, 1.54) is 0 Å². The van der Waals surface area contributed by atoms with Crippen molar-refractivity contribution in [2.75, 3.05) is 5.32 Å². The van der Waals surface area contributed by atoms with E-state index >= 15 is 0 Å². The summed E-state index contributed by atoms with van der Waals surface area (Å²) in [5.74, 6) is -0.483. The van der Waals surface area contributed by atoms with Crippen molar-refractivity contribution in [3.8, 4) is 5.69 Å². The van der Waals surface area contributed by atoms with Crippen molar-refractivity contribution >= 4 is 34.8 Å². The van der Waals surface area contributed by atoms with Gasteiger partial charge in [0.1, 0.15) is 4.33 Å². The number of carbonyl (C=O) groups is 1. The summed E-state index contributed by atoms with van der Waals surface area (Å²) in [6.07, 6.45) is 0.499. The van der Waals surface area contributed by atoms with E-state index in [2.05, 4.69) is 10.4 Å². The third-order valence-electron chi connectivity index (χ3n) is 3.51. The second-order valence-corrected chi connectivity index (χ2v) is 6.94. The lowest BCUT2D eigenvalue weighted by atomic mass is 10.2. The predicted molar refractivity (Wildman–Crippen MR) is 84.2 cm³/mol. The Labute approximate surface area is 133 Å². The van der Waals surface area contributed by atoms with Crippen molar-refractivity contribution in [3.05, 3.63) is 41.7 Å². The minimum absolute atomic E-state index is 0.148. The Kier molecular flexibility index (Phi) is 3.46. The number of rotatable bonds is 3. The van der Waals surface area contributed by atoms with Crippen LogP contribution in [0, 0.1) is 19.8 Å². The van der Waals surface area contributed by atoms with Gasteiger partial charge in [0.2, 0.25) is 5.91 Å². The number of alkyl halides is 2. The molecule has 1 atom stereocenters. The first-order valence-corrected chi connectivity index (χ1v) is 7.45. The molecule has 110 valence electrons. The Hall–Kier alpha value is -1.52. The Morgan fingerprint density at radius 3 is 2.67 bits per heavy atom. The SMILES string of the molecule is Cc1cc(C)n(-c2cccc(NC(=O)C3CC3(Cl)Cl)c2)n1. The van der Waals surface area contributed by atoms with Gasteiger partial charge in [0.25, 0.3) is 0 Å². The number of nitrogens with zero attached hydrogens (tertiary/aromatic N) is 2. The average Bonchev–Trinajstić information content (AvgIpc) is 2.91. The van der Waals surface area contributed by atoms with Gasteiger partial charge < -0.3 is 5.32 Å². The molecule has 1 aliphatic carbocycles. The molecule has 3 rings (SSSR count). The first-order chi connectivity index (χ1) is 9.87. The first kappa shape index (κ1) is 14.4. The standard InChI is InChI=1S/C15H15Cl2N3O/c1-9-6-10(2)20(19-9)12-5-3-4-11(7-12)18-14(21)13-8-15(13,16)17/h3-7,13H,8H2,1-2H3,(H,18,21). The average molecular weight is 324 g/mol. The molecule has 1 saturated carbocycles. The van der Waals surface area contributed by atoms with Crippen LogP contribution in [0.3, 0.4) is 0 Å². The second-order valence-electron chi connectivity index (χ2n) is 5.40. The van der Waals surface area contributed by atoms with Gasteiger partial charge in [0.05, 0.1) is 17.3 Å². The summed E-state index contributed by atoms with van der Waals surface area (Å²) in [6, 6.07) is 9.54. The molecular formula is C15H15Cl2N3O. The minimum Gasteiger partial charge on any atom is -0.326 e. The van der Waals surface area contributed by atoms with E-state index in [-0.39, 0.29) is 11.8 Å². The Morgan fingerprint density at radius 1 is 1.38 bits per heavy atom. The van der Waals surface area contributed by atoms with Crippen LogP contribution >= 0.6 is 23.2 Å². The van der Waals surface area contributed by atoms with E-state index in [9.17, 15) is 4.79 Å². The Morgan fingerprint density at radius 2 is 2.10 bits per heavy atom. The molecule has 0 aliphatic heterocycles. The highest BCUT2D eigenvalue weighted by Crippen LogP contribution is 2.53. The largest absolute Gasteiger partial charge is 0.326 e. The normalized spacial score (nSPS) is 19.3. The zero-order chi connectivity index (χ0) is 15.2. The van der Waals surface area contributed by atoms with Crippen molar-refractivity contribution in [1.29, 1.82) is 0 Å². The van der Waals surface area contributed by atoms with Crippen LogP contribution in [0.15, 0.2) is 30.3 Å². The molecule has 1 heterocycles. The summed E-state index contributed by atoms with van der Waals surface area (Å²) >= 11 is 11.8. The lowest BCUT2D eigenvalue weighted by Crippen LogP contribution is -2.17. The monoisotopic (exact) mass is 323 g/mol. The van der Waals surface area contributed by atoms with Crippen LogP contribution in [0.4, 0.5) is 5.69 Å². The van der Waals surface area contributed by atoms with E-state index in [1.807, 2.05) is 48.9 Å². The van der Waals surface area contributed by atoms with Crippen molar-refractivity contribution in [2.24, 2.45) is 5.92 Å². The summed E-state index contributed by atoms with van der Waals surface area (Å²) in [6.45, 7) is 3.94. The number of nitrogens with one attached hydrogen (secondary N) is 1. The number of anilines is 1. The molecule has 0 spiro atoms. The van der Waals surface area contributed by atoms with Gasteiger partial charge >= 0.3 is 0 Å². The Balaban J connectivity index is 1.81. The quantitative estimate of drug-likeness (QED) is 0.877. The number of halogens is 2. The van der Waals surface area contributed by atoms with Gasteiger partial charge in [-0.15, -0.1) is 23.2 Å². The van der Waals surface area contributed by atoms with E-state index in [4.69, 9.17) is 23.2 Å². The van der Waals surface area contributed by atoms with Crippen molar-refractivity contribution in [3.63, 3.8) is 0 Å². The molecule has 0 saturated heterocycles. The zero-order valence-electron chi connectivity index (χ0n) is 11.7. The molecule has 1 aromatic heterocycles. The number of benzene rings is 1. The van der Waals surface area contributed by atoms with E-state index in [1.54, 1.807) is 0 Å². The summed E-state index contributed by atoms with van der Waals surface area (Å²) < 4.78 is 0.937. The number of aryl methyl sites for hydroxylation is 2. The molecule has 1 unspecified atom stereocenters. The van der Waals surface area contributed by atoms with Gasteiger partial charge in [0.15, 0.2) is 0 Å². The molecule has 0 radical (unpaired) electrons. The lowest BCUT2D eigenvalue weighted by molar-refractivity contribution is -0.117. The van der Waals surface area contributed by atoms with Crippen LogP contribution in [0.25, 0.3) is 5.69 Å².